The monoisotopic (exact) mass is 389 g/mol. The number of benzene rings is 2. The Labute approximate surface area is 167 Å². The Morgan fingerprint density at radius 2 is 1.86 bits per heavy atom. The smallest absolute Gasteiger partial charge is 0.280 e. The number of aromatic amines is 1. The second kappa shape index (κ2) is 6.63. The summed E-state index contributed by atoms with van der Waals surface area (Å²) in [6.07, 6.45) is 0.375. The van der Waals surface area contributed by atoms with E-state index in [9.17, 15) is 4.79 Å². The second-order valence-electron chi connectivity index (χ2n) is 7.74. The number of nitrogen functional groups attached to an aromatic ring is 1. The summed E-state index contributed by atoms with van der Waals surface area (Å²) in [5.41, 5.74) is 3.69. The van der Waals surface area contributed by atoms with Crippen molar-refractivity contribution in [1.82, 2.24) is 14.6 Å². The average Bonchev–Trinajstić information content (AvgIpc) is 3.13. The van der Waals surface area contributed by atoms with E-state index in [1.165, 1.54) is 4.68 Å². The molecule has 7 nitrogen and oxygen atoms in total. The molecule has 7 heteroatoms. The minimum atomic E-state index is -0.279. The van der Waals surface area contributed by atoms with Gasteiger partial charge in [-0.15, -0.1) is 0 Å². The van der Waals surface area contributed by atoms with Crippen LogP contribution in [0.25, 0.3) is 33.3 Å². The number of para-hydroxylation sites is 1. The van der Waals surface area contributed by atoms with Gasteiger partial charge in [-0.1, -0.05) is 18.2 Å². The molecule has 4 aromatic rings. The normalized spacial score (nSPS) is 19.9. The Balaban J connectivity index is 1.58. The van der Waals surface area contributed by atoms with E-state index in [4.69, 9.17) is 10.6 Å². The van der Waals surface area contributed by atoms with E-state index in [0.717, 1.165) is 35.2 Å². The van der Waals surface area contributed by atoms with E-state index in [1.807, 2.05) is 36.4 Å². The first-order valence-corrected chi connectivity index (χ1v) is 9.80. The molecule has 2 atom stereocenters. The minimum absolute atomic E-state index is 0.187. The molecule has 29 heavy (non-hydrogen) atoms. The van der Waals surface area contributed by atoms with E-state index in [1.54, 1.807) is 0 Å². The molecular weight excluding hydrogens is 366 g/mol. The molecule has 5 rings (SSSR count). The Morgan fingerprint density at radius 3 is 2.66 bits per heavy atom. The predicted molar refractivity (Wildman–Crippen MR) is 116 cm³/mol. The largest absolute Gasteiger partial charge is 0.372 e. The maximum atomic E-state index is 12.8. The highest BCUT2D eigenvalue weighted by atomic mass is 16.5. The van der Waals surface area contributed by atoms with Gasteiger partial charge >= 0.3 is 0 Å². The van der Waals surface area contributed by atoms with Gasteiger partial charge in [0.15, 0.2) is 0 Å². The zero-order valence-corrected chi connectivity index (χ0v) is 16.4. The molecule has 0 spiro atoms. The van der Waals surface area contributed by atoms with Crippen LogP contribution in [-0.2, 0) is 4.74 Å². The van der Waals surface area contributed by atoms with E-state index < -0.39 is 0 Å². The van der Waals surface area contributed by atoms with Gasteiger partial charge in [0.2, 0.25) is 0 Å². The third kappa shape index (κ3) is 3.03. The van der Waals surface area contributed by atoms with Gasteiger partial charge in [-0.3, -0.25) is 4.79 Å². The number of rotatable bonds is 2. The van der Waals surface area contributed by atoms with Crippen molar-refractivity contribution >= 4 is 27.6 Å². The lowest BCUT2D eigenvalue weighted by Gasteiger charge is -2.36. The standard InChI is InChI=1S/C22H23N5O2/c1-13-11-26(12-14(2)29-13)16-7-8-18-19(10-16)25-21(24-18)17-9-15-5-3-4-6-20(15)27(23)22(17)28/h3-10,13-14H,11-12,23H2,1-2H3,(H,24,25). The highest BCUT2D eigenvalue weighted by molar-refractivity contribution is 5.86. The van der Waals surface area contributed by atoms with Crippen LogP contribution in [0.5, 0.6) is 0 Å². The fourth-order valence-electron chi connectivity index (χ4n) is 4.17. The number of anilines is 1. The van der Waals surface area contributed by atoms with Crippen LogP contribution in [0, 0.1) is 0 Å². The molecule has 1 aliphatic heterocycles. The van der Waals surface area contributed by atoms with Crippen molar-refractivity contribution in [2.45, 2.75) is 26.1 Å². The lowest BCUT2D eigenvalue weighted by molar-refractivity contribution is -0.00521. The molecule has 2 aromatic heterocycles. The van der Waals surface area contributed by atoms with Gasteiger partial charge in [-0.2, -0.15) is 0 Å². The van der Waals surface area contributed by atoms with Crippen molar-refractivity contribution in [3.05, 3.63) is 58.9 Å². The van der Waals surface area contributed by atoms with Crippen LogP contribution in [-0.4, -0.2) is 39.9 Å². The predicted octanol–water partition coefficient (Wildman–Crippen LogP) is 2.87. The van der Waals surface area contributed by atoms with Crippen LogP contribution in [0.1, 0.15) is 13.8 Å². The van der Waals surface area contributed by atoms with E-state index in [2.05, 4.69) is 40.8 Å². The number of imidazole rings is 1. The minimum Gasteiger partial charge on any atom is -0.372 e. The second-order valence-corrected chi connectivity index (χ2v) is 7.74. The molecule has 2 aromatic carbocycles. The number of pyridine rings is 1. The molecule has 148 valence electrons. The number of nitrogens with zero attached hydrogens (tertiary/aromatic N) is 3. The van der Waals surface area contributed by atoms with Crippen LogP contribution in [0.4, 0.5) is 5.69 Å². The summed E-state index contributed by atoms with van der Waals surface area (Å²) in [6, 6.07) is 15.5. The number of ether oxygens (including phenoxy) is 1. The summed E-state index contributed by atoms with van der Waals surface area (Å²) in [5.74, 6) is 6.57. The van der Waals surface area contributed by atoms with Gasteiger partial charge in [-0.25, -0.2) is 9.66 Å². The fraction of sp³-hybridized carbons (Fsp3) is 0.273. The summed E-state index contributed by atoms with van der Waals surface area (Å²) in [6.45, 7) is 5.87. The zero-order chi connectivity index (χ0) is 20.1. The van der Waals surface area contributed by atoms with Gasteiger partial charge in [0.05, 0.1) is 34.3 Å². The molecule has 2 unspecified atom stereocenters. The molecule has 1 fully saturated rings. The Hall–Kier alpha value is -3.32. The molecule has 0 saturated carbocycles. The quantitative estimate of drug-likeness (QED) is 0.515. The van der Waals surface area contributed by atoms with Crippen LogP contribution in [0.2, 0.25) is 0 Å². The third-order valence-electron chi connectivity index (χ3n) is 5.45. The first-order chi connectivity index (χ1) is 14.0. The van der Waals surface area contributed by atoms with Gasteiger partial charge in [0.25, 0.3) is 5.56 Å². The molecular formula is C22H23N5O2. The first kappa shape index (κ1) is 17.8. The van der Waals surface area contributed by atoms with Gasteiger partial charge < -0.3 is 20.5 Å². The number of hydrogen-bond donors (Lipinski definition) is 2. The van der Waals surface area contributed by atoms with E-state index in [0.29, 0.717) is 16.9 Å². The first-order valence-electron chi connectivity index (χ1n) is 9.80. The fourth-order valence-corrected chi connectivity index (χ4v) is 4.17. The van der Waals surface area contributed by atoms with Gasteiger partial charge in [-0.05, 0) is 44.2 Å². The lowest BCUT2D eigenvalue weighted by Crippen LogP contribution is -2.45. The number of hydrogen-bond acceptors (Lipinski definition) is 5. The third-order valence-corrected chi connectivity index (χ3v) is 5.45. The SMILES string of the molecule is CC1CN(c2ccc3nc(-c4cc5ccccc5n(N)c4=O)[nH]c3c2)CC(C)O1. The number of morpholine rings is 1. The molecule has 0 radical (unpaired) electrons. The molecule has 3 heterocycles. The maximum absolute atomic E-state index is 12.8. The Morgan fingerprint density at radius 1 is 1.10 bits per heavy atom. The van der Waals surface area contributed by atoms with Crippen LogP contribution in [0.3, 0.4) is 0 Å². The molecule has 1 aliphatic rings. The number of aromatic nitrogens is 3. The molecule has 0 aliphatic carbocycles. The summed E-state index contributed by atoms with van der Waals surface area (Å²) in [5, 5.41) is 0.891. The van der Waals surface area contributed by atoms with Gasteiger partial charge in [0, 0.05) is 24.2 Å². The molecule has 1 saturated heterocycles. The average molecular weight is 389 g/mol. The van der Waals surface area contributed by atoms with Crippen LogP contribution in [0.15, 0.2) is 53.3 Å². The summed E-state index contributed by atoms with van der Waals surface area (Å²) >= 11 is 0. The Kier molecular flexibility index (Phi) is 4.06. The van der Waals surface area contributed by atoms with Crippen molar-refractivity contribution in [2.24, 2.45) is 0 Å². The highest BCUT2D eigenvalue weighted by Gasteiger charge is 2.23. The van der Waals surface area contributed by atoms with Crippen LogP contribution < -0.4 is 16.3 Å². The molecule has 0 bridgehead atoms. The molecule has 0 amide bonds. The van der Waals surface area contributed by atoms with Gasteiger partial charge in [0.1, 0.15) is 5.82 Å². The summed E-state index contributed by atoms with van der Waals surface area (Å²) in [7, 11) is 0. The number of H-pyrrole nitrogens is 1. The number of fused-ring (bicyclic) bond motifs is 2. The topological polar surface area (TPSA) is 89.2 Å². The highest BCUT2D eigenvalue weighted by Crippen LogP contribution is 2.26. The molecule has 3 N–H and O–H groups in total. The van der Waals surface area contributed by atoms with Crippen molar-refractivity contribution < 1.29 is 4.74 Å². The van der Waals surface area contributed by atoms with Crippen molar-refractivity contribution in [2.75, 3.05) is 23.8 Å². The lowest BCUT2D eigenvalue weighted by atomic mass is 10.1. The zero-order valence-electron chi connectivity index (χ0n) is 16.4. The van der Waals surface area contributed by atoms with Crippen LogP contribution >= 0.6 is 0 Å². The van der Waals surface area contributed by atoms with E-state index >= 15 is 0 Å². The van der Waals surface area contributed by atoms with Crippen molar-refractivity contribution in [3.8, 4) is 11.4 Å². The summed E-state index contributed by atoms with van der Waals surface area (Å²) in [4.78, 5) is 23.1. The number of nitrogens with one attached hydrogen (secondary N) is 1. The van der Waals surface area contributed by atoms with E-state index in [-0.39, 0.29) is 17.8 Å². The van der Waals surface area contributed by atoms with Crippen molar-refractivity contribution in [3.63, 3.8) is 0 Å². The number of nitrogens with two attached hydrogens (primary N) is 1. The van der Waals surface area contributed by atoms with Crippen molar-refractivity contribution in [1.29, 1.82) is 0 Å². The Bertz CT molecular complexity index is 1270. The summed E-state index contributed by atoms with van der Waals surface area (Å²) < 4.78 is 7.02. The maximum Gasteiger partial charge on any atom is 0.280 e.